The fourth-order valence-electron chi connectivity index (χ4n) is 1.84. The first kappa shape index (κ1) is 14.2. The molecule has 2 aromatic rings. The Balaban J connectivity index is 1.73. The molecule has 1 aromatic heterocycles. The molecule has 0 fully saturated rings. The third-order valence-electron chi connectivity index (χ3n) is 2.96. The van der Waals surface area contributed by atoms with E-state index < -0.39 is 6.04 Å². The van der Waals surface area contributed by atoms with Gasteiger partial charge in [0.05, 0.1) is 12.4 Å². The number of imidazole rings is 1. The van der Waals surface area contributed by atoms with E-state index in [4.69, 9.17) is 5.73 Å². The standard InChI is InChI=1S/C14H17FN4O/c15-11-3-1-10(2-4-11)5-6-18-14(20)13(16)7-12-8-17-9-19-12/h1-4,8-9,13H,5-7,16H2,(H,17,19)(H,18,20)/t13-/m1/s1. The van der Waals surface area contributed by atoms with Gasteiger partial charge in [-0.2, -0.15) is 0 Å². The molecular weight excluding hydrogens is 259 g/mol. The largest absolute Gasteiger partial charge is 0.354 e. The number of amides is 1. The summed E-state index contributed by atoms with van der Waals surface area (Å²) in [4.78, 5) is 18.6. The average molecular weight is 276 g/mol. The number of nitrogens with zero attached hydrogens (tertiary/aromatic N) is 1. The van der Waals surface area contributed by atoms with Gasteiger partial charge in [0.2, 0.25) is 5.91 Å². The topological polar surface area (TPSA) is 83.8 Å². The third kappa shape index (κ3) is 4.17. The molecule has 0 aliphatic carbocycles. The smallest absolute Gasteiger partial charge is 0.237 e. The molecule has 4 N–H and O–H groups in total. The summed E-state index contributed by atoms with van der Waals surface area (Å²) >= 11 is 0. The van der Waals surface area contributed by atoms with E-state index in [2.05, 4.69) is 15.3 Å². The lowest BCUT2D eigenvalue weighted by atomic mass is 10.1. The van der Waals surface area contributed by atoms with Gasteiger partial charge in [-0.05, 0) is 24.1 Å². The highest BCUT2D eigenvalue weighted by atomic mass is 19.1. The summed E-state index contributed by atoms with van der Waals surface area (Å²) in [7, 11) is 0. The van der Waals surface area contributed by atoms with Crippen LogP contribution in [0, 0.1) is 5.82 Å². The van der Waals surface area contributed by atoms with Crippen molar-refractivity contribution in [1.82, 2.24) is 15.3 Å². The van der Waals surface area contributed by atoms with E-state index in [1.54, 1.807) is 24.7 Å². The first-order valence-electron chi connectivity index (χ1n) is 6.40. The Kier molecular flexibility index (Phi) is 4.84. The van der Waals surface area contributed by atoms with Crippen molar-refractivity contribution in [2.45, 2.75) is 18.9 Å². The molecule has 0 saturated carbocycles. The summed E-state index contributed by atoms with van der Waals surface area (Å²) in [6.45, 7) is 0.473. The van der Waals surface area contributed by atoms with Crippen molar-refractivity contribution in [3.05, 3.63) is 53.9 Å². The second-order valence-electron chi connectivity index (χ2n) is 4.55. The molecule has 1 amide bonds. The molecule has 5 nitrogen and oxygen atoms in total. The van der Waals surface area contributed by atoms with E-state index in [9.17, 15) is 9.18 Å². The number of hydrogen-bond acceptors (Lipinski definition) is 3. The van der Waals surface area contributed by atoms with Crippen LogP contribution in [0.1, 0.15) is 11.3 Å². The maximum absolute atomic E-state index is 12.7. The summed E-state index contributed by atoms with van der Waals surface area (Å²) in [6, 6.07) is 5.60. The lowest BCUT2D eigenvalue weighted by Crippen LogP contribution is -2.42. The molecule has 1 heterocycles. The van der Waals surface area contributed by atoms with Gasteiger partial charge in [-0.15, -0.1) is 0 Å². The van der Waals surface area contributed by atoms with Crippen LogP contribution in [0.15, 0.2) is 36.8 Å². The number of nitrogens with two attached hydrogens (primary N) is 1. The van der Waals surface area contributed by atoms with E-state index >= 15 is 0 Å². The molecule has 2 rings (SSSR count). The Morgan fingerprint density at radius 1 is 1.40 bits per heavy atom. The Morgan fingerprint density at radius 2 is 2.15 bits per heavy atom. The van der Waals surface area contributed by atoms with Gasteiger partial charge in [-0.25, -0.2) is 9.37 Å². The Hall–Kier alpha value is -2.21. The van der Waals surface area contributed by atoms with Crippen LogP contribution in [0.25, 0.3) is 0 Å². The van der Waals surface area contributed by atoms with Crippen molar-refractivity contribution >= 4 is 5.91 Å². The maximum Gasteiger partial charge on any atom is 0.237 e. The first-order chi connectivity index (χ1) is 9.65. The normalized spacial score (nSPS) is 12.1. The molecule has 106 valence electrons. The highest BCUT2D eigenvalue weighted by Crippen LogP contribution is 2.03. The molecule has 0 aliphatic heterocycles. The molecule has 1 aromatic carbocycles. The number of aromatic nitrogens is 2. The molecule has 0 unspecified atom stereocenters. The zero-order valence-electron chi connectivity index (χ0n) is 11.0. The highest BCUT2D eigenvalue weighted by molar-refractivity contribution is 5.81. The molecule has 0 bridgehead atoms. The lowest BCUT2D eigenvalue weighted by Gasteiger charge is -2.11. The Labute approximate surface area is 116 Å². The van der Waals surface area contributed by atoms with Gasteiger partial charge in [0.15, 0.2) is 0 Å². The molecule has 0 radical (unpaired) electrons. The van der Waals surface area contributed by atoms with Gasteiger partial charge in [-0.1, -0.05) is 12.1 Å². The molecular formula is C14H17FN4O. The van der Waals surface area contributed by atoms with Crippen LogP contribution in [0.3, 0.4) is 0 Å². The second kappa shape index (κ2) is 6.81. The minimum absolute atomic E-state index is 0.207. The molecule has 6 heteroatoms. The van der Waals surface area contributed by atoms with Crippen molar-refractivity contribution < 1.29 is 9.18 Å². The number of carbonyl (C=O) groups excluding carboxylic acids is 1. The van der Waals surface area contributed by atoms with Gasteiger partial charge in [-0.3, -0.25) is 4.79 Å². The van der Waals surface area contributed by atoms with E-state index in [-0.39, 0.29) is 11.7 Å². The zero-order valence-corrected chi connectivity index (χ0v) is 11.0. The molecule has 1 atom stereocenters. The van der Waals surface area contributed by atoms with Gasteiger partial charge in [0, 0.05) is 24.9 Å². The predicted molar refractivity (Wildman–Crippen MR) is 73.4 cm³/mol. The Bertz CT molecular complexity index is 539. The number of benzene rings is 1. The van der Waals surface area contributed by atoms with Crippen LogP contribution < -0.4 is 11.1 Å². The quantitative estimate of drug-likeness (QED) is 0.729. The molecule has 0 saturated heterocycles. The zero-order chi connectivity index (χ0) is 14.4. The maximum atomic E-state index is 12.7. The fraction of sp³-hybridized carbons (Fsp3) is 0.286. The monoisotopic (exact) mass is 276 g/mol. The van der Waals surface area contributed by atoms with Crippen LogP contribution >= 0.6 is 0 Å². The molecule has 0 aliphatic rings. The van der Waals surface area contributed by atoms with Crippen molar-refractivity contribution in [3.63, 3.8) is 0 Å². The molecule has 20 heavy (non-hydrogen) atoms. The molecule has 0 spiro atoms. The minimum Gasteiger partial charge on any atom is -0.354 e. The lowest BCUT2D eigenvalue weighted by molar-refractivity contribution is -0.122. The third-order valence-corrected chi connectivity index (χ3v) is 2.96. The van der Waals surface area contributed by atoms with Crippen LogP contribution in [0.5, 0.6) is 0 Å². The SMILES string of the molecule is N[C@H](Cc1cnc[nH]1)C(=O)NCCc1ccc(F)cc1. The van der Waals surface area contributed by atoms with Crippen LogP contribution in [-0.4, -0.2) is 28.5 Å². The number of H-pyrrole nitrogens is 1. The number of hydrogen-bond donors (Lipinski definition) is 3. The average Bonchev–Trinajstić information content (AvgIpc) is 2.93. The van der Waals surface area contributed by atoms with Gasteiger partial charge in [0.1, 0.15) is 5.82 Å². The van der Waals surface area contributed by atoms with E-state index in [1.165, 1.54) is 12.1 Å². The van der Waals surface area contributed by atoms with Crippen molar-refractivity contribution in [2.24, 2.45) is 5.73 Å². The summed E-state index contributed by atoms with van der Waals surface area (Å²) in [5, 5.41) is 2.77. The number of nitrogens with one attached hydrogen (secondary N) is 2. The minimum atomic E-state index is -0.608. The summed E-state index contributed by atoms with van der Waals surface area (Å²) < 4.78 is 12.7. The van der Waals surface area contributed by atoms with Crippen molar-refractivity contribution in [3.8, 4) is 0 Å². The van der Waals surface area contributed by atoms with Crippen LogP contribution in [0.2, 0.25) is 0 Å². The van der Waals surface area contributed by atoms with Crippen LogP contribution in [-0.2, 0) is 17.6 Å². The van der Waals surface area contributed by atoms with Crippen molar-refractivity contribution in [2.75, 3.05) is 6.54 Å². The fourth-order valence-corrected chi connectivity index (χ4v) is 1.84. The number of rotatable bonds is 6. The number of aromatic amines is 1. The predicted octanol–water partition coefficient (Wildman–Crippen LogP) is 0.777. The number of carbonyl (C=O) groups is 1. The summed E-state index contributed by atoms with van der Waals surface area (Å²) in [5.41, 5.74) is 7.59. The first-order valence-corrected chi connectivity index (χ1v) is 6.40. The van der Waals surface area contributed by atoms with E-state index in [0.29, 0.717) is 19.4 Å². The van der Waals surface area contributed by atoms with Gasteiger partial charge in [0.25, 0.3) is 0 Å². The second-order valence-corrected chi connectivity index (χ2v) is 4.55. The van der Waals surface area contributed by atoms with Gasteiger partial charge < -0.3 is 16.0 Å². The van der Waals surface area contributed by atoms with E-state index in [1.807, 2.05) is 0 Å². The summed E-state index contributed by atoms with van der Waals surface area (Å²) in [5.74, 6) is -0.471. The highest BCUT2D eigenvalue weighted by Gasteiger charge is 2.14. The van der Waals surface area contributed by atoms with Crippen molar-refractivity contribution in [1.29, 1.82) is 0 Å². The summed E-state index contributed by atoms with van der Waals surface area (Å²) in [6.07, 6.45) is 4.26. The van der Waals surface area contributed by atoms with E-state index in [0.717, 1.165) is 11.3 Å². The Morgan fingerprint density at radius 3 is 2.80 bits per heavy atom. The van der Waals surface area contributed by atoms with Crippen LogP contribution in [0.4, 0.5) is 4.39 Å². The van der Waals surface area contributed by atoms with Gasteiger partial charge >= 0.3 is 0 Å². The number of halogens is 1.